The number of hydrogen-bond acceptors (Lipinski definition) is 3. The van der Waals surface area contributed by atoms with Gasteiger partial charge in [-0.2, -0.15) is 0 Å². The summed E-state index contributed by atoms with van der Waals surface area (Å²) in [6, 6.07) is 8.50. The largest absolute Gasteiger partial charge is 0.393 e. The molecule has 0 aliphatic carbocycles. The molecule has 0 atom stereocenters. The number of rotatable bonds is 4. The minimum absolute atomic E-state index is 0.114. The highest BCUT2D eigenvalue weighted by Gasteiger charge is 2.17. The van der Waals surface area contributed by atoms with Crippen LogP contribution < -0.4 is 10.6 Å². The van der Waals surface area contributed by atoms with Gasteiger partial charge in [0, 0.05) is 40.3 Å². The molecule has 1 heterocycles. The normalized spacial score (nSPS) is 17.8. The van der Waals surface area contributed by atoms with Gasteiger partial charge in [0.15, 0.2) is 5.96 Å². The summed E-state index contributed by atoms with van der Waals surface area (Å²) >= 11 is 0. The molecular formula is C16H26N4O. The Morgan fingerprint density at radius 3 is 2.57 bits per heavy atom. The van der Waals surface area contributed by atoms with Crippen LogP contribution >= 0.6 is 0 Å². The summed E-state index contributed by atoms with van der Waals surface area (Å²) in [6.07, 6.45) is 1.65. The van der Waals surface area contributed by atoms with Crippen molar-refractivity contribution in [3.8, 4) is 0 Å². The van der Waals surface area contributed by atoms with E-state index in [2.05, 4.69) is 44.8 Å². The van der Waals surface area contributed by atoms with E-state index in [9.17, 15) is 5.11 Å². The minimum atomic E-state index is -0.114. The van der Waals surface area contributed by atoms with Crippen molar-refractivity contribution < 1.29 is 5.11 Å². The number of likely N-dealkylation sites (tertiary alicyclic amines) is 1. The van der Waals surface area contributed by atoms with Crippen LogP contribution in [-0.2, 0) is 13.1 Å². The number of aliphatic imine (C=N–C) groups is 1. The van der Waals surface area contributed by atoms with Gasteiger partial charge < -0.3 is 15.7 Å². The fourth-order valence-corrected chi connectivity index (χ4v) is 2.66. The molecule has 0 spiro atoms. The number of guanidine groups is 1. The second kappa shape index (κ2) is 8.00. The van der Waals surface area contributed by atoms with Crippen molar-refractivity contribution >= 4 is 5.96 Å². The number of aliphatic hydroxyl groups is 1. The second-order valence-corrected chi connectivity index (χ2v) is 5.45. The van der Waals surface area contributed by atoms with E-state index in [0.29, 0.717) is 0 Å². The van der Waals surface area contributed by atoms with E-state index in [1.807, 2.05) is 7.05 Å². The zero-order valence-electron chi connectivity index (χ0n) is 13.0. The Bertz CT molecular complexity index is 467. The fraction of sp³-hybridized carbons (Fsp3) is 0.562. The lowest BCUT2D eigenvalue weighted by Gasteiger charge is -2.30. The molecule has 1 fully saturated rings. The Kier molecular flexibility index (Phi) is 6.02. The molecule has 1 saturated heterocycles. The summed E-state index contributed by atoms with van der Waals surface area (Å²) in [5.41, 5.74) is 2.63. The quantitative estimate of drug-likeness (QED) is 0.570. The van der Waals surface area contributed by atoms with Crippen molar-refractivity contribution in [3.05, 3.63) is 35.4 Å². The summed E-state index contributed by atoms with van der Waals surface area (Å²) in [4.78, 5) is 6.55. The number of hydrogen-bond donors (Lipinski definition) is 3. The zero-order chi connectivity index (χ0) is 15.1. The van der Waals surface area contributed by atoms with Crippen LogP contribution in [0.25, 0.3) is 0 Å². The lowest BCUT2D eigenvalue weighted by molar-refractivity contribution is 0.0791. The van der Waals surface area contributed by atoms with Crippen LogP contribution in [0, 0.1) is 0 Å². The fourth-order valence-electron chi connectivity index (χ4n) is 2.66. The van der Waals surface area contributed by atoms with Crippen molar-refractivity contribution in [3.63, 3.8) is 0 Å². The maximum atomic E-state index is 9.59. The summed E-state index contributed by atoms with van der Waals surface area (Å²) in [5, 5.41) is 15.9. The van der Waals surface area contributed by atoms with Gasteiger partial charge in [-0.1, -0.05) is 24.3 Å². The molecule has 2 rings (SSSR count). The van der Waals surface area contributed by atoms with E-state index in [0.717, 1.165) is 45.0 Å². The summed E-state index contributed by atoms with van der Waals surface area (Å²) in [5.74, 6) is 0.797. The molecule has 1 aromatic carbocycles. The topological polar surface area (TPSA) is 59.9 Å². The van der Waals surface area contributed by atoms with Gasteiger partial charge in [0.2, 0.25) is 0 Å². The van der Waals surface area contributed by atoms with Crippen LogP contribution in [0.3, 0.4) is 0 Å². The Hall–Kier alpha value is -1.59. The van der Waals surface area contributed by atoms with Crippen LogP contribution in [0.5, 0.6) is 0 Å². The Morgan fingerprint density at radius 1 is 1.29 bits per heavy atom. The molecule has 21 heavy (non-hydrogen) atoms. The van der Waals surface area contributed by atoms with Crippen LogP contribution in [0.4, 0.5) is 0 Å². The number of piperidine rings is 1. The molecule has 0 aromatic heterocycles. The number of aliphatic hydroxyl groups excluding tert-OH is 1. The van der Waals surface area contributed by atoms with Crippen LogP contribution in [0.1, 0.15) is 24.0 Å². The highest BCUT2D eigenvalue weighted by Crippen LogP contribution is 2.16. The molecule has 1 aliphatic rings. The van der Waals surface area contributed by atoms with E-state index >= 15 is 0 Å². The number of nitrogens with zero attached hydrogens (tertiary/aromatic N) is 2. The Morgan fingerprint density at radius 2 is 1.95 bits per heavy atom. The van der Waals surface area contributed by atoms with Gasteiger partial charge in [0.25, 0.3) is 0 Å². The molecule has 5 nitrogen and oxygen atoms in total. The number of benzene rings is 1. The maximum Gasteiger partial charge on any atom is 0.190 e. The minimum Gasteiger partial charge on any atom is -0.393 e. The van der Waals surface area contributed by atoms with E-state index in [1.54, 1.807) is 7.05 Å². The predicted molar refractivity (Wildman–Crippen MR) is 86.2 cm³/mol. The first kappa shape index (κ1) is 15.8. The molecule has 0 saturated carbocycles. The van der Waals surface area contributed by atoms with Crippen molar-refractivity contribution in [2.24, 2.45) is 4.99 Å². The first-order chi connectivity index (χ1) is 10.2. The average Bonchev–Trinajstić information content (AvgIpc) is 2.52. The summed E-state index contributed by atoms with van der Waals surface area (Å²) < 4.78 is 0. The molecule has 1 aromatic rings. The molecule has 0 bridgehead atoms. The highest BCUT2D eigenvalue weighted by molar-refractivity contribution is 5.79. The monoisotopic (exact) mass is 290 g/mol. The SMILES string of the molecule is CN=C(NC)NCc1ccccc1CN1CCC(O)CC1. The van der Waals surface area contributed by atoms with Crippen molar-refractivity contribution in [1.82, 2.24) is 15.5 Å². The lowest BCUT2D eigenvalue weighted by atomic mass is 10.0. The van der Waals surface area contributed by atoms with Crippen LogP contribution in [-0.4, -0.2) is 49.3 Å². The summed E-state index contributed by atoms with van der Waals surface area (Å²) in [6.45, 7) is 3.66. The van der Waals surface area contributed by atoms with Crippen molar-refractivity contribution in [1.29, 1.82) is 0 Å². The highest BCUT2D eigenvalue weighted by atomic mass is 16.3. The molecule has 0 radical (unpaired) electrons. The smallest absolute Gasteiger partial charge is 0.190 e. The van der Waals surface area contributed by atoms with E-state index in [-0.39, 0.29) is 6.10 Å². The van der Waals surface area contributed by atoms with E-state index < -0.39 is 0 Å². The molecular weight excluding hydrogens is 264 g/mol. The maximum absolute atomic E-state index is 9.59. The first-order valence-electron chi connectivity index (χ1n) is 7.58. The molecule has 3 N–H and O–H groups in total. The van der Waals surface area contributed by atoms with Gasteiger partial charge in [-0.25, -0.2) is 0 Å². The van der Waals surface area contributed by atoms with E-state index in [1.165, 1.54) is 11.1 Å². The second-order valence-electron chi connectivity index (χ2n) is 5.45. The average molecular weight is 290 g/mol. The van der Waals surface area contributed by atoms with Gasteiger partial charge in [-0.05, 0) is 24.0 Å². The molecule has 5 heteroatoms. The Balaban J connectivity index is 1.96. The predicted octanol–water partition coefficient (Wildman–Crippen LogP) is 0.938. The molecule has 1 aliphatic heterocycles. The molecule has 0 amide bonds. The third-order valence-electron chi connectivity index (χ3n) is 3.98. The summed E-state index contributed by atoms with van der Waals surface area (Å²) in [7, 11) is 3.63. The molecule has 0 unspecified atom stereocenters. The third-order valence-corrected chi connectivity index (χ3v) is 3.98. The zero-order valence-corrected chi connectivity index (χ0v) is 13.0. The van der Waals surface area contributed by atoms with Crippen molar-refractivity contribution in [2.75, 3.05) is 27.2 Å². The third kappa shape index (κ3) is 4.72. The van der Waals surface area contributed by atoms with Gasteiger partial charge >= 0.3 is 0 Å². The van der Waals surface area contributed by atoms with Gasteiger partial charge in [-0.15, -0.1) is 0 Å². The lowest BCUT2D eigenvalue weighted by Crippen LogP contribution is -2.36. The number of nitrogens with one attached hydrogen (secondary N) is 2. The first-order valence-corrected chi connectivity index (χ1v) is 7.58. The van der Waals surface area contributed by atoms with Gasteiger partial charge in [0.1, 0.15) is 0 Å². The Labute approximate surface area is 127 Å². The van der Waals surface area contributed by atoms with Crippen LogP contribution in [0.15, 0.2) is 29.3 Å². The van der Waals surface area contributed by atoms with Crippen molar-refractivity contribution in [2.45, 2.75) is 32.0 Å². The van der Waals surface area contributed by atoms with Gasteiger partial charge in [-0.3, -0.25) is 9.89 Å². The van der Waals surface area contributed by atoms with Gasteiger partial charge in [0.05, 0.1) is 6.10 Å². The van der Waals surface area contributed by atoms with Crippen LogP contribution in [0.2, 0.25) is 0 Å². The van der Waals surface area contributed by atoms with E-state index in [4.69, 9.17) is 0 Å². The molecule has 116 valence electrons. The standard InChI is InChI=1S/C16H26N4O/c1-17-16(18-2)19-11-13-5-3-4-6-14(13)12-20-9-7-15(21)8-10-20/h3-6,15,21H,7-12H2,1-2H3,(H2,17,18,19).